The summed E-state index contributed by atoms with van der Waals surface area (Å²) in [6.07, 6.45) is 3.65. The SMILES string of the molecule is CN(CCNC(=O)NCC1CCCC(O)C1)c1ccccc1. The van der Waals surface area contributed by atoms with Crippen LogP contribution in [0.1, 0.15) is 25.7 Å². The molecule has 3 N–H and O–H groups in total. The number of aliphatic hydroxyl groups is 1. The molecule has 5 nitrogen and oxygen atoms in total. The molecule has 1 aliphatic rings. The maximum Gasteiger partial charge on any atom is 0.314 e. The predicted octanol–water partition coefficient (Wildman–Crippen LogP) is 1.97. The van der Waals surface area contributed by atoms with Gasteiger partial charge in [0.1, 0.15) is 0 Å². The minimum absolute atomic E-state index is 0.124. The number of hydrogen-bond acceptors (Lipinski definition) is 3. The topological polar surface area (TPSA) is 64.6 Å². The second kappa shape index (κ2) is 8.63. The Morgan fingerprint density at radius 3 is 2.77 bits per heavy atom. The summed E-state index contributed by atoms with van der Waals surface area (Å²) in [5.41, 5.74) is 1.14. The van der Waals surface area contributed by atoms with E-state index in [4.69, 9.17) is 0 Å². The Hall–Kier alpha value is -1.75. The van der Waals surface area contributed by atoms with Gasteiger partial charge >= 0.3 is 6.03 Å². The standard InChI is InChI=1S/C17H27N3O2/c1-20(15-7-3-2-4-8-15)11-10-18-17(22)19-13-14-6-5-9-16(21)12-14/h2-4,7-8,14,16,21H,5-6,9-13H2,1H3,(H2,18,19,22). The van der Waals surface area contributed by atoms with Gasteiger partial charge in [0, 0.05) is 32.4 Å². The lowest BCUT2D eigenvalue weighted by atomic mass is 9.87. The van der Waals surface area contributed by atoms with E-state index in [9.17, 15) is 9.90 Å². The van der Waals surface area contributed by atoms with Crippen LogP contribution in [0.3, 0.4) is 0 Å². The van der Waals surface area contributed by atoms with E-state index < -0.39 is 0 Å². The average molecular weight is 305 g/mol. The number of aliphatic hydroxyl groups excluding tert-OH is 1. The fourth-order valence-corrected chi connectivity index (χ4v) is 2.90. The van der Waals surface area contributed by atoms with Crippen LogP contribution in [-0.4, -0.2) is 43.9 Å². The van der Waals surface area contributed by atoms with Crippen molar-refractivity contribution in [3.63, 3.8) is 0 Å². The van der Waals surface area contributed by atoms with Crippen molar-refractivity contribution in [3.8, 4) is 0 Å². The smallest absolute Gasteiger partial charge is 0.314 e. The summed E-state index contributed by atoms with van der Waals surface area (Å²) in [6.45, 7) is 2.02. The number of urea groups is 1. The highest BCUT2D eigenvalue weighted by Crippen LogP contribution is 2.23. The van der Waals surface area contributed by atoms with Gasteiger partial charge in [0.2, 0.25) is 0 Å². The molecule has 22 heavy (non-hydrogen) atoms. The van der Waals surface area contributed by atoms with Crippen LogP contribution in [0.5, 0.6) is 0 Å². The molecule has 2 atom stereocenters. The summed E-state index contributed by atoms with van der Waals surface area (Å²) in [7, 11) is 2.01. The van der Waals surface area contributed by atoms with Crippen molar-refractivity contribution in [2.45, 2.75) is 31.8 Å². The first-order valence-electron chi connectivity index (χ1n) is 8.11. The van der Waals surface area contributed by atoms with E-state index in [-0.39, 0.29) is 12.1 Å². The Bertz CT molecular complexity index is 452. The van der Waals surface area contributed by atoms with Gasteiger partial charge in [-0.3, -0.25) is 0 Å². The van der Waals surface area contributed by atoms with Crippen molar-refractivity contribution in [1.82, 2.24) is 10.6 Å². The highest BCUT2D eigenvalue weighted by atomic mass is 16.3. The van der Waals surface area contributed by atoms with Gasteiger partial charge in [0.15, 0.2) is 0 Å². The van der Waals surface area contributed by atoms with E-state index in [2.05, 4.69) is 27.7 Å². The first-order valence-corrected chi connectivity index (χ1v) is 8.11. The molecule has 0 aromatic heterocycles. The van der Waals surface area contributed by atoms with E-state index in [1.165, 1.54) is 0 Å². The molecule has 1 fully saturated rings. The van der Waals surface area contributed by atoms with Gasteiger partial charge in [0.05, 0.1) is 6.10 Å². The third-order valence-corrected chi connectivity index (χ3v) is 4.24. The van der Waals surface area contributed by atoms with Crippen LogP contribution in [0.15, 0.2) is 30.3 Å². The van der Waals surface area contributed by atoms with Gasteiger partial charge in [-0.15, -0.1) is 0 Å². The van der Waals surface area contributed by atoms with Crippen molar-refractivity contribution < 1.29 is 9.90 Å². The first kappa shape index (κ1) is 16.6. The van der Waals surface area contributed by atoms with E-state index >= 15 is 0 Å². The maximum atomic E-state index is 11.8. The van der Waals surface area contributed by atoms with Crippen LogP contribution < -0.4 is 15.5 Å². The Morgan fingerprint density at radius 1 is 1.27 bits per heavy atom. The van der Waals surface area contributed by atoms with Crippen molar-refractivity contribution in [2.75, 3.05) is 31.6 Å². The summed E-state index contributed by atoms with van der Waals surface area (Å²) in [5.74, 6) is 0.404. The van der Waals surface area contributed by atoms with E-state index in [1.807, 2.05) is 25.2 Å². The van der Waals surface area contributed by atoms with Crippen molar-refractivity contribution in [3.05, 3.63) is 30.3 Å². The normalized spacial score (nSPS) is 21.2. The monoisotopic (exact) mass is 305 g/mol. The molecule has 2 unspecified atom stereocenters. The third-order valence-electron chi connectivity index (χ3n) is 4.24. The predicted molar refractivity (Wildman–Crippen MR) is 89.1 cm³/mol. The number of carbonyl (C=O) groups is 1. The highest BCUT2D eigenvalue weighted by Gasteiger charge is 2.20. The lowest BCUT2D eigenvalue weighted by molar-refractivity contribution is 0.101. The fourth-order valence-electron chi connectivity index (χ4n) is 2.90. The van der Waals surface area contributed by atoms with Crippen LogP contribution in [0.25, 0.3) is 0 Å². The molecule has 0 bridgehead atoms. The molecule has 0 spiro atoms. The van der Waals surface area contributed by atoms with Crippen LogP contribution in [0, 0.1) is 5.92 Å². The number of nitrogens with zero attached hydrogens (tertiary/aromatic N) is 1. The van der Waals surface area contributed by atoms with Crippen LogP contribution in [-0.2, 0) is 0 Å². The summed E-state index contributed by atoms with van der Waals surface area (Å²) >= 11 is 0. The first-order chi connectivity index (χ1) is 10.6. The molecule has 0 heterocycles. The Morgan fingerprint density at radius 2 is 2.05 bits per heavy atom. The zero-order valence-electron chi connectivity index (χ0n) is 13.3. The molecule has 1 saturated carbocycles. The number of hydrogen-bond donors (Lipinski definition) is 3. The number of benzene rings is 1. The third kappa shape index (κ3) is 5.56. The lowest BCUT2D eigenvalue weighted by Crippen LogP contribution is -2.42. The van der Waals surface area contributed by atoms with Gasteiger partial charge in [-0.2, -0.15) is 0 Å². The quantitative estimate of drug-likeness (QED) is 0.753. The van der Waals surface area contributed by atoms with Crippen molar-refractivity contribution in [2.24, 2.45) is 5.92 Å². The van der Waals surface area contributed by atoms with E-state index in [0.717, 1.165) is 37.9 Å². The number of carbonyl (C=O) groups excluding carboxylic acids is 1. The van der Waals surface area contributed by atoms with E-state index in [0.29, 0.717) is 19.0 Å². The number of anilines is 1. The molecule has 0 saturated heterocycles. The molecule has 5 heteroatoms. The van der Waals surface area contributed by atoms with Crippen LogP contribution >= 0.6 is 0 Å². The van der Waals surface area contributed by atoms with E-state index in [1.54, 1.807) is 0 Å². The molecule has 122 valence electrons. The Kier molecular flexibility index (Phi) is 6.52. The van der Waals surface area contributed by atoms with Gasteiger partial charge in [0.25, 0.3) is 0 Å². The highest BCUT2D eigenvalue weighted by molar-refractivity contribution is 5.73. The number of likely N-dealkylation sites (N-methyl/N-ethyl adjacent to an activating group) is 1. The maximum absolute atomic E-state index is 11.8. The number of rotatable bonds is 6. The molecule has 1 aliphatic carbocycles. The molecular weight excluding hydrogens is 278 g/mol. The van der Waals surface area contributed by atoms with Crippen molar-refractivity contribution >= 4 is 11.7 Å². The largest absolute Gasteiger partial charge is 0.393 e. The second-order valence-corrected chi connectivity index (χ2v) is 6.08. The van der Waals surface area contributed by atoms with Gasteiger partial charge in [-0.1, -0.05) is 24.6 Å². The van der Waals surface area contributed by atoms with Crippen LogP contribution in [0.2, 0.25) is 0 Å². The molecule has 2 amide bonds. The zero-order valence-corrected chi connectivity index (χ0v) is 13.3. The Labute approximate surface area is 132 Å². The molecule has 1 aromatic rings. The van der Waals surface area contributed by atoms with Gasteiger partial charge in [-0.25, -0.2) is 4.79 Å². The average Bonchev–Trinajstić information content (AvgIpc) is 2.54. The summed E-state index contributed by atoms with van der Waals surface area (Å²) in [6, 6.07) is 9.98. The number of para-hydroxylation sites is 1. The number of nitrogens with one attached hydrogen (secondary N) is 2. The molecule has 0 radical (unpaired) electrons. The second-order valence-electron chi connectivity index (χ2n) is 6.08. The summed E-state index contributed by atoms with van der Waals surface area (Å²) in [5, 5.41) is 15.4. The molecular formula is C17H27N3O2. The fraction of sp³-hybridized carbons (Fsp3) is 0.588. The van der Waals surface area contributed by atoms with Gasteiger partial charge < -0.3 is 20.6 Å². The summed E-state index contributed by atoms with van der Waals surface area (Å²) in [4.78, 5) is 13.9. The minimum Gasteiger partial charge on any atom is -0.393 e. The van der Waals surface area contributed by atoms with Crippen molar-refractivity contribution in [1.29, 1.82) is 0 Å². The molecule has 2 rings (SSSR count). The molecule has 0 aliphatic heterocycles. The van der Waals surface area contributed by atoms with Gasteiger partial charge in [-0.05, 0) is 37.3 Å². The zero-order chi connectivity index (χ0) is 15.8. The molecule has 1 aromatic carbocycles. The minimum atomic E-state index is -0.192. The summed E-state index contributed by atoms with van der Waals surface area (Å²) < 4.78 is 0. The lowest BCUT2D eigenvalue weighted by Gasteiger charge is -2.26. The Balaban J connectivity index is 1.59. The number of amides is 2. The van der Waals surface area contributed by atoms with Crippen LogP contribution in [0.4, 0.5) is 10.5 Å².